The van der Waals surface area contributed by atoms with Crippen LogP contribution in [0.3, 0.4) is 0 Å². The number of nitrogens with zero attached hydrogens (tertiary/aromatic N) is 4. The molecule has 0 aliphatic carbocycles. The van der Waals surface area contributed by atoms with Crippen molar-refractivity contribution in [3.8, 4) is 0 Å². The fourth-order valence-electron chi connectivity index (χ4n) is 2.01. The third kappa shape index (κ3) is 3.58. The molecule has 0 bridgehead atoms. The summed E-state index contributed by atoms with van der Waals surface area (Å²) in [5, 5.41) is 10.9. The van der Waals surface area contributed by atoms with Crippen LogP contribution in [0.15, 0.2) is 12.4 Å². The molecule has 2 heterocycles. The molecule has 1 amide bonds. The number of hydrogen-bond donors (Lipinski definition) is 1. The van der Waals surface area contributed by atoms with Crippen LogP contribution in [0.25, 0.3) is 0 Å². The molecule has 124 valence electrons. The number of carbonyl (C=O) groups excluding carboxylic acids is 2. The Kier molecular flexibility index (Phi) is 4.83. The van der Waals surface area contributed by atoms with Gasteiger partial charge in [-0.05, 0) is 27.7 Å². The van der Waals surface area contributed by atoms with Crippen LogP contribution in [-0.2, 0) is 18.3 Å². The van der Waals surface area contributed by atoms with E-state index in [0.717, 1.165) is 5.69 Å². The summed E-state index contributed by atoms with van der Waals surface area (Å²) in [6.07, 6.45) is 2.83. The molecule has 2 aromatic heterocycles. The topological polar surface area (TPSA) is 91.0 Å². The summed E-state index contributed by atoms with van der Waals surface area (Å²) in [7, 11) is 1.76. The van der Waals surface area contributed by atoms with Gasteiger partial charge in [0.05, 0.1) is 23.6 Å². The van der Waals surface area contributed by atoms with Gasteiger partial charge >= 0.3 is 5.97 Å². The fraction of sp³-hybridized carbons (Fsp3) is 0.467. The maximum Gasteiger partial charge on any atom is 0.361 e. The Morgan fingerprint density at radius 1 is 1.39 bits per heavy atom. The van der Waals surface area contributed by atoms with Crippen LogP contribution in [-0.4, -0.2) is 37.5 Å². The lowest BCUT2D eigenvalue weighted by molar-refractivity contribution is 0.0371. The first kappa shape index (κ1) is 16.7. The second-order valence-electron chi connectivity index (χ2n) is 5.42. The average Bonchev–Trinajstić information content (AvgIpc) is 3.03. The molecule has 0 saturated carbocycles. The van der Waals surface area contributed by atoms with Gasteiger partial charge in [0.25, 0.3) is 5.91 Å². The van der Waals surface area contributed by atoms with Gasteiger partial charge in [-0.3, -0.25) is 14.2 Å². The minimum atomic E-state index is -0.564. The van der Waals surface area contributed by atoms with E-state index in [1.807, 2.05) is 6.92 Å². The number of aromatic nitrogens is 4. The Balaban J connectivity index is 2.28. The van der Waals surface area contributed by atoms with Gasteiger partial charge in [-0.25, -0.2) is 4.79 Å². The van der Waals surface area contributed by atoms with E-state index < -0.39 is 5.97 Å². The van der Waals surface area contributed by atoms with Crippen molar-refractivity contribution in [2.75, 3.05) is 5.32 Å². The molecule has 0 aliphatic heterocycles. The van der Waals surface area contributed by atoms with E-state index in [2.05, 4.69) is 15.5 Å². The Hall–Kier alpha value is -2.64. The number of hydrogen-bond acceptors (Lipinski definition) is 5. The quantitative estimate of drug-likeness (QED) is 0.848. The van der Waals surface area contributed by atoms with Crippen molar-refractivity contribution in [2.45, 2.75) is 40.3 Å². The fourth-order valence-corrected chi connectivity index (χ4v) is 2.01. The van der Waals surface area contributed by atoms with Crippen molar-refractivity contribution in [2.24, 2.45) is 7.05 Å². The summed E-state index contributed by atoms with van der Waals surface area (Å²) in [5.74, 6) is -0.907. The van der Waals surface area contributed by atoms with Crippen molar-refractivity contribution < 1.29 is 14.3 Å². The lowest BCUT2D eigenvalue weighted by Crippen LogP contribution is -2.17. The number of ether oxygens (including phenoxy) is 1. The Morgan fingerprint density at radius 3 is 2.61 bits per heavy atom. The van der Waals surface area contributed by atoms with Gasteiger partial charge < -0.3 is 10.1 Å². The molecule has 2 rings (SSSR count). The van der Waals surface area contributed by atoms with E-state index in [4.69, 9.17) is 4.74 Å². The van der Waals surface area contributed by atoms with Gasteiger partial charge in [0.1, 0.15) is 0 Å². The minimum absolute atomic E-state index is 0.0930. The summed E-state index contributed by atoms with van der Waals surface area (Å²) in [6, 6.07) is 0. The molecular weight excluding hydrogens is 298 g/mol. The van der Waals surface area contributed by atoms with Crippen LogP contribution in [0.2, 0.25) is 0 Å². The highest BCUT2D eigenvalue weighted by Crippen LogP contribution is 2.18. The van der Waals surface area contributed by atoms with Crippen LogP contribution in [0.1, 0.15) is 47.3 Å². The third-order valence-corrected chi connectivity index (χ3v) is 3.35. The van der Waals surface area contributed by atoms with E-state index in [9.17, 15) is 9.59 Å². The molecule has 8 nitrogen and oxygen atoms in total. The summed E-state index contributed by atoms with van der Waals surface area (Å²) in [5.41, 5.74) is 1.60. The molecule has 2 aromatic rings. The van der Waals surface area contributed by atoms with Gasteiger partial charge in [-0.15, -0.1) is 0 Å². The molecule has 0 aliphatic rings. The molecule has 0 saturated heterocycles. The molecule has 8 heteroatoms. The van der Waals surface area contributed by atoms with Crippen LogP contribution in [0.4, 0.5) is 5.69 Å². The highest BCUT2D eigenvalue weighted by molar-refractivity contribution is 6.07. The largest absolute Gasteiger partial charge is 0.458 e. The monoisotopic (exact) mass is 319 g/mol. The number of esters is 1. The SMILES string of the molecule is CCn1cc(NC(=O)c2cnn(C)c2C)c(C(=O)OC(C)C)n1. The Morgan fingerprint density at radius 2 is 2.09 bits per heavy atom. The van der Waals surface area contributed by atoms with Crippen LogP contribution >= 0.6 is 0 Å². The van der Waals surface area contributed by atoms with Crippen molar-refractivity contribution in [3.05, 3.63) is 29.3 Å². The zero-order chi connectivity index (χ0) is 17.1. The molecule has 23 heavy (non-hydrogen) atoms. The molecular formula is C15H21N5O3. The highest BCUT2D eigenvalue weighted by atomic mass is 16.5. The van der Waals surface area contributed by atoms with Crippen LogP contribution in [0, 0.1) is 6.92 Å². The van der Waals surface area contributed by atoms with Gasteiger partial charge in [0, 0.05) is 25.5 Å². The minimum Gasteiger partial charge on any atom is -0.458 e. The summed E-state index contributed by atoms with van der Waals surface area (Å²) >= 11 is 0. The molecule has 0 fully saturated rings. The standard InChI is InChI=1S/C15H21N5O3/c1-6-20-8-12(13(18-20)15(22)23-9(2)3)17-14(21)11-7-16-19(5)10(11)4/h7-9H,6H2,1-5H3,(H,17,21). The maximum absolute atomic E-state index is 12.4. The van der Waals surface area contributed by atoms with Gasteiger partial charge in [-0.2, -0.15) is 10.2 Å². The normalized spacial score (nSPS) is 10.9. The predicted molar refractivity (Wildman–Crippen MR) is 84.4 cm³/mol. The van der Waals surface area contributed by atoms with Crippen molar-refractivity contribution in [1.29, 1.82) is 0 Å². The highest BCUT2D eigenvalue weighted by Gasteiger charge is 2.22. The van der Waals surface area contributed by atoms with Gasteiger partial charge in [0.2, 0.25) is 0 Å². The lowest BCUT2D eigenvalue weighted by Gasteiger charge is -2.08. The maximum atomic E-state index is 12.4. The number of nitrogens with one attached hydrogen (secondary N) is 1. The van der Waals surface area contributed by atoms with E-state index in [0.29, 0.717) is 17.8 Å². The Labute approximate surface area is 134 Å². The van der Waals surface area contributed by atoms with E-state index >= 15 is 0 Å². The van der Waals surface area contributed by atoms with E-state index in [1.54, 1.807) is 43.4 Å². The molecule has 0 spiro atoms. The zero-order valence-electron chi connectivity index (χ0n) is 14.0. The first-order valence-electron chi connectivity index (χ1n) is 7.41. The molecule has 1 N–H and O–H groups in total. The molecule has 0 aromatic carbocycles. The second kappa shape index (κ2) is 6.64. The molecule has 0 unspecified atom stereocenters. The first-order valence-corrected chi connectivity index (χ1v) is 7.41. The smallest absolute Gasteiger partial charge is 0.361 e. The summed E-state index contributed by atoms with van der Waals surface area (Å²) in [4.78, 5) is 24.5. The zero-order valence-corrected chi connectivity index (χ0v) is 14.0. The lowest BCUT2D eigenvalue weighted by atomic mass is 10.2. The number of amides is 1. The summed E-state index contributed by atoms with van der Waals surface area (Å²) in [6.45, 7) is 7.77. The van der Waals surface area contributed by atoms with Crippen molar-refractivity contribution in [3.63, 3.8) is 0 Å². The second-order valence-corrected chi connectivity index (χ2v) is 5.42. The van der Waals surface area contributed by atoms with E-state index in [-0.39, 0.29) is 17.7 Å². The first-order chi connectivity index (χ1) is 10.8. The number of aryl methyl sites for hydroxylation is 2. The number of anilines is 1. The summed E-state index contributed by atoms with van der Waals surface area (Å²) < 4.78 is 8.35. The van der Waals surface area contributed by atoms with Crippen LogP contribution < -0.4 is 5.32 Å². The molecule has 0 radical (unpaired) electrons. The average molecular weight is 319 g/mol. The predicted octanol–water partition coefficient (Wildman–Crippen LogP) is 1.76. The van der Waals surface area contributed by atoms with Gasteiger partial charge in [0.15, 0.2) is 5.69 Å². The van der Waals surface area contributed by atoms with E-state index in [1.165, 1.54) is 6.20 Å². The number of rotatable bonds is 5. The van der Waals surface area contributed by atoms with Crippen LogP contribution in [0.5, 0.6) is 0 Å². The third-order valence-electron chi connectivity index (χ3n) is 3.35. The van der Waals surface area contributed by atoms with Crippen molar-refractivity contribution >= 4 is 17.6 Å². The van der Waals surface area contributed by atoms with Gasteiger partial charge in [-0.1, -0.05) is 0 Å². The molecule has 0 atom stereocenters. The van der Waals surface area contributed by atoms with Crippen molar-refractivity contribution in [1.82, 2.24) is 19.6 Å². The number of carbonyl (C=O) groups is 2. The Bertz CT molecular complexity index is 730.